The first kappa shape index (κ1) is 18.4. The van der Waals surface area contributed by atoms with E-state index < -0.39 is 6.04 Å². The summed E-state index contributed by atoms with van der Waals surface area (Å²) in [6, 6.07) is 7.39. The third-order valence-electron chi connectivity index (χ3n) is 3.91. The van der Waals surface area contributed by atoms with Crippen molar-refractivity contribution in [2.45, 2.75) is 32.7 Å². The largest absolute Gasteiger partial charge is 0.361 e. The molecule has 1 atom stereocenters. The minimum absolute atomic E-state index is 0. The summed E-state index contributed by atoms with van der Waals surface area (Å²) < 4.78 is 0. The number of carbonyl (C=O) groups is 1. The predicted octanol–water partition coefficient (Wildman–Crippen LogP) is 3.43. The number of fused-ring (bicyclic) bond motifs is 1. The Kier molecular flexibility index (Phi) is 5.99. The highest BCUT2D eigenvalue weighted by atomic mass is 35.5. The quantitative estimate of drug-likeness (QED) is 0.648. The number of aromatic amines is 1. The molecule has 4 N–H and O–H groups in total. The van der Waals surface area contributed by atoms with E-state index >= 15 is 0 Å². The lowest BCUT2D eigenvalue weighted by molar-refractivity contribution is -0.117. The van der Waals surface area contributed by atoms with Crippen LogP contribution in [0.2, 0.25) is 0 Å². The summed E-state index contributed by atoms with van der Waals surface area (Å²) in [6.45, 7) is 4.06. The molecule has 1 aromatic carbocycles. The molecule has 3 aromatic rings. The van der Waals surface area contributed by atoms with Crippen LogP contribution in [-0.2, 0) is 17.6 Å². The fourth-order valence-corrected chi connectivity index (χ4v) is 3.54. The molecule has 2 heterocycles. The van der Waals surface area contributed by atoms with Gasteiger partial charge in [-0.25, -0.2) is 4.98 Å². The van der Waals surface area contributed by atoms with Crippen LogP contribution < -0.4 is 11.1 Å². The van der Waals surface area contributed by atoms with Gasteiger partial charge in [-0.05, 0) is 31.4 Å². The Morgan fingerprint density at radius 1 is 1.42 bits per heavy atom. The maximum atomic E-state index is 12.3. The van der Waals surface area contributed by atoms with Gasteiger partial charge in [0.2, 0.25) is 5.91 Å². The van der Waals surface area contributed by atoms with Crippen LogP contribution in [-0.4, -0.2) is 21.9 Å². The molecule has 0 bridgehead atoms. The molecule has 1 amide bonds. The summed E-state index contributed by atoms with van der Waals surface area (Å²) in [5.41, 5.74) is 9.20. The predicted molar refractivity (Wildman–Crippen MR) is 102 cm³/mol. The Hall–Kier alpha value is -1.89. The van der Waals surface area contributed by atoms with Crippen molar-refractivity contribution in [3.63, 3.8) is 0 Å². The van der Waals surface area contributed by atoms with Gasteiger partial charge in [0.15, 0.2) is 5.13 Å². The van der Waals surface area contributed by atoms with Crippen LogP contribution >= 0.6 is 23.7 Å². The van der Waals surface area contributed by atoms with Crippen LogP contribution in [0.4, 0.5) is 5.13 Å². The van der Waals surface area contributed by atoms with Gasteiger partial charge in [0.25, 0.3) is 0 Å². The summed E-state index contributed by atoms with van der Waals surface area (Å²) in [4.78, 5) is 21.1. The number of halogens is 1. The second-order valence-corrected chi connectivity index (χ2v) is 6.74. The minimum Gasteiger partial charge on any atom is -0.361 e. The SMILES string of the molecule is CCc1nc(NC(=O)[C@@H](N)Cc2c[nH]c3ccccc23)sc1C.Cl. The van der Waals surface area contributed by atoms with Crippen molar-refractivity contribution in [1.29, 1.82) is 0 Å². The number of hydrogen-bond donors (Lipinski definition) is 3. The molecule has 0 aliphatic heterocycles. The standard InChI is InChI=1S/C17H20N4OS.ClH/c1-3-14-10(2)23-17(20-14)21-16(22)13(18)8-11-9-19-15-7-5-4-6-12(11)15;/h4-7,9,13,19H,3,8,18H2,1-2H3,(H,20,21,22);1H/t13-;/m0./s1. The highest BCUT2D eigenvalue weighted by Crippen LogP contribution is 2.23. The molecule has 0 spiro atoms. The van der Waals surface area contributed by atoms with Gasteiger partial charge in [0.1, 0.15) is 0 Å². The third-order valence-corrected chi connectivity index (χ3v) is 4.84. The number of nitrogens with zero attached hydrogens (tertiary/aromatic N) is 1. The first-order valence-electron chi connectivity index (χ1n) is 7.66. The van der Waals surface area contributed by atoms with E-state index in [2.05, 4.69) is 22.2 Å². The van der Waals surface area contributed by atoms with Crippen LogP contribution in [0, 0.1) is 6.92 Å². The molecular weight excluding hydrogens is 344 g/mol. The topological polar surface area (TPSA) is 83.8 Å². The first-order chi connectivity index (χ1) is 11.1. The lowest BCUT2D eigenvalue weighted by Gasteiger charge is -2.10. The average molecular weight is 365 g/mol. The number of thiazole rings is 1. The minimum atomic E-state index is -0.608. The number of rotatable bonds is 5. The summed E-state index contributed by atoms with van der Waals surface area (Å²) >= 11 is 1.49. The Labute approximate surface area is 151 Å². The van der Waals surface area contributed by atoms with Gasteiger partial charge in [-0.1, -0.05) is 25.1 Å². The van der Waals surface area contributed by atoms with Crippen molar-refractivity contribution < 1.29 is 4.79 Å². The molecule has 0 fully saturated rings. The number of carbonyl (C=O) groups excluding carboxylic acids is 1. The van der Waals surface area contributed by atoms with Crippen LogP contribution in [0.25, 0.3) is 10.9 Å². The van der Waals surface area contributed by atoms with Crippen LogP contribution in [0.3, 0.4) is 0 Å². The maximum absolute atomic E-state index is 12.3. The molecule has 3 rings (SSSR count). The molecule has 0 unspecified atom stereocenters. The fraction of sp³-hybridized carbons (Fsp3) is 0.294. The maximum Gasteiger partial charge on any atom is 0.243 e. The van der Waals surface area contributed by atoms with Gasteiger partial charge in [-0.15, -0.1) is 23.7 Å². The van der Waals surface area contributed by atoms with E-state index in [1.807, 2.05) is 37.4 Å². The van der Waals surface area contributed by atoms with Gasteiger partial charge >= 0.3 is 0 Å². The highest BCUT2D eigenvalue weighted by Gasteiger charge is 2.18. The van der Waals surface area contributed by atoms with Crippen molar-refractivity contribution in [1.82, 2.24) is 9.97 Å². The van der Waals surface area contributed by atoms with E-state index in [0.717, 1.165) is 33.5 Å². The summed E-state index contributed by atoms with van der Waals surface area (Å²) in [5, 5.41) is 4.56. The average Bonchev–Trinajstić information content (AvgIpc) is 3.11. The Bertz CT molecular complexity index is 842. The molecule has 0 saturated heterocycles. The number of hydrogen-bond acceptors (Lipinski definition) is 4. The summed E-state index contributed by atoms with van der Waals surface area (Å²) in [7, 11) is 0. The fourth-order valence-electron chi connectivity index (χ4n) is 2.64. The van der Waals surface area contributed by atoms with Gasteiger partial charge < -0.3 is 16.0 Å². The second kappa shape index (κ2) is 7.79. The smallest absolute Gasteiger partial charge is 0.243 e. The van der Waals surface area contributed by atoms with Crippen molar-refractivity contribution in [2.24, 2.45) is 5.73 Å². The first-order valence-corrected chi connectivity index (χ1v) is 8.48. The Balaban J connectivity index is 0.00000208. The third kappa shape index (κ3) is 3.77. The second-order valence-electron chi connectivity index (χ2n) is 5.53. The summed E-state index contributed by atoms with van der Waals surface area (Å²) in [6.07, 6.45) is 3.26. The molecule has 0 aliphatic carbocycles. The van der Waals surface area contributed by atoms with E-state index in [0.29, 0.717) is 11.6 Å². The Morgan fingerprint density at radius 2 is 2.17 bits per heavy atom. The number of benzene rings is 1. The molecule has 2 aromatic heterocycles. The lowest BCUT2D eigenvalue weighted by Crippen LogP contribution is -2.37. The van der Waals surface area contributed by atoms with E-state index in [1.165, 1.54) is 11.3 Å². The molecule has 24 heavy (non-hydrogen) atoms. The molecule has 5 nitrogen and oxygen atoms in total. The van der Waals surface area contributed by atoms with Crippen molar-refractivity contribution in [2.75, 3.05) is 5.32 Å². The number of para-hydroxylation sites is 1. The molecule has 0 aliphatic rings. The zero-order chi connectivity index (χ0) is 16.4. The van der Waals surface area contributed by atoms with E-state index in [1.54, 1.807) is 0 Å². The lowest BCUT2D eigenvalue weighted by atomic mass is 10.1. The van der Waals surface area contributed by atoms with Gasteiger partial charge in [-0.3, -0.25) is 4.79 Å². The molecule has 128 valence electrons. The van der Waals surface area contributed by atoms with Gasteiger partial charge in [0.05, 0.1) is 11.7 Å². The molecule has 0 radical (unpaired) electrons. The highest BCUT2D eigenvalue weighted by molar-refractivity contribution is 7.15. The monoisotopic (exact) mass is 364 g/mol. The number of aryl methyl sites for hydroxylation is 2. The normalized spacial score (nSPS) is 12.0. The van der Waals surface area contributed by atoms with Crippen LogP contribution in [0.15, 0.2) is 30.5 Å². The zero-order valence-corrected chi connectivity index (χ0v) is 15.3. The van der Waals surface area contributed by atoms with E-state index in [4.69, 9.17) is 5.73 Å². The van der Waals surface area contributed by atoms with Gasteiger partial charge in [0, 0.05) is 22.0 Å². The number of anilines is 1. The number of amides is 1. The van der Waals surface area contributed by atoms with E-state index in [9.17, 15) is 4.79 Å². The number of nitrogens with two attached hydrogens (primary N) is 1. The van der Waals surface area contributed by atoms with Crippen molar-refractivity contribution >= 4 is 45.7 Å². The Morgan fingerprint density at radius 3 is 2.88 bits per heavy atom. The molecular formula is C17H21ClN4OS. The van der Waals surface area contributed by atoms with Crippen LogP contribution in [0.1, 0.15) is 23.1 Å². The van der Waals surface area contributed by atoms with Crippen molar-refractivity contribution in [3.8, 4) is 0 Å². The molecule has 7 heteroatoms. The zero-order valence-electron chi connectivity index (χ0n) is 13.6. The number of H-pyrrole nitrogens is 1. The number of nitrogens with one attached hydrogen (secondary N) is 2. The number of aromatic nitrogens is 2. The molecule has 0 saturated carbocycles. The van der Waals surface area contributed by atoms with Crippen molar-refractivity contribution in [3.05, 3.63) is 46.6 Å². The van der Waals surface area contributed by atoms with E-state index in [-0.39, 0.29) is 18.3 Å². The summed E-state index contributed by atoms with van der Waals surface area (Å²) in [5.74, 6) is -0.202. The van der Waals surface area contributed by atoms with Crippen LogP contribution in [0.5, 0.6) is 0 Å². The van der Waals surface area contributed by atoms with Gasteiger partial charge in [-0.2, -0.15) is 0 Å².